The Morgan fingerprint density at radius 1 is 0.946 bits per heavy atom. The summed E-state index contributed by atoms with van der Waals surface area (Å²) in [5, 5.41) is 16.4. The summed E-state index contributed by atoms with van der Waals surface area (Å²) in [7, 11) is 7.49. The van der Waals surface area contributed by atoms with Crippen LogP contribution in [0.4, 0.5) is 18.0 Å². The highest BCUT2D eigenvalue weighted by Gasteiger charge is 2.55. The van der Waals surface area contributed by atoms with Gasteiger partial charge in [-0.25, -0.2) is 9.59 Å². The molecule has 1 aromatic rings. The van der Waals surface area contributed by atoms with Gasteiger partial charge in [-0.15, -0.1) is 0 Å². The summed E-state index contributed by atoms with van der Waals surface area (Å²) >= 11 is 0. The number of likely N-dealkylation sites (N-methyl/N-ethyl adjacent to an activating group) is 1. The zero-order valence-corrected chi connectivity index (χ0v) is 21.3. The summed E-state index contributed by atoms with van der Waals surface area (Å²) in [6.45, 7) is -0.0237. The van der Waals surface area contributed by atoms with Gasteiger partial charge < -0.3 is 24.9 Å². The van der Waals surface area contributed by atoms with Crippen LogP contribution in [0.5, 0.6) is 0 Å². The number of amides is 3. The molecule has 37 heavy (non-hydrogen) atoms. The molecule has 1 aliphatic carbocycles. The number of carboxylic acid groups (broad SMARTS) is 2. The van der Waals surface area contributed by atoms with Crippen LogP contribution in [0.3, 0.4) is 0 Å². The molecule has 1 aromatic carbocycles. The predicted molar refractivity (Wildman–Crippen MR) is 127 cm³/mol. The van der Waals surface area contributed by atoms with E-state index in [2.05, 4.69) is 31.1 Å². The van der Waals surface area contributed by atoms with Gasteiger partial charge in [0.15, 0.2) is 0 Å². The Bertz CT molecular complexity index is 992. The SMILES string of the molecule is CN(C)C(=O)CN1C(=O)N(CC(=O)O)CC12CCC(c1ccccc1)(N(C)C)CC2.O=C(O)C(F)(F)F. The van der Waals surface area contributed by atoms with Crippen LogP contribution < -0.4 is 0 Å². The van der Waals surface area contributed by atoms with Crippen LogP contribution >= 0.6 is 0 Å². The molecule has 206 valence electrons. The summed E-state index contributed by atoms with van der Waals surface area (Å²) in [6.07, 6.45) is -2.01. The van der Waals surface area contributed by atoms with Gasteiger partial charge in [-0.2, -0.15) is 13.2 Å². The summed E-state index contributed by atoms with van der Waals surface area (Å²) in [6, 6.07) is 10.0. The van der Waals surface area contributed by atoms with Gasteiger partial charge in [-0.3, -0.25) is 14.5 Å². The van der Waals surface area contributed by atoms with Crippen molar-refractivity contribution in [1.29, 1.82) is 0 Å². The number of alkyl halides is 3. The van der Waals surface area contributed by atoms with Gasteiger partial charge in [0.1, 0.15) is 13.1 Å². The number of nitrogens with zero attached hydrogens (tertiary/aromatic N) is 4. The number of halogens is 3. The highest BCUT2D eigenvalue weighted by atomic mass is 19.4. The molecule has 2 aliphatic rings. The maximum absolute atomic E-state index is 13.0. The van der Waals surface area contributed by atoms with Crippen molar-refractivity contribution >= 4 is 23.9 Å². The lowest BCUT2D eigenvalue weighted by Gasteiger charge is -2.51. The molecule has 0 unspecified atom stereocenters. The van der Waals surface area contributed by atoms with E-state index in [0.29, 0.717) is 19.4 Å². The van der Waals surface area contributed by atoms with E-state index >= 15 is 0 Å². The second-order valence-electron chi connectivity index (χ2n) is 9.73. The smallest absolute Gasteiger partial charge is 0.480 e. The average molecular weight is 531 g/mol. The number of aliphatic carboxylic acids is 2. The van der Waals surface area contributed by atoms with Crippen molar-refractivity contribution in [1.82, 2.24) is 19.6 Å². The lowest BCUT2D eigenvalue weighted by Crippen LogP contribution is -2.57. The largest absolute Gasteiger partial charge is 0.490 e. The highest BCUT2D eigenvalue weighted by Crippen LogP contribution is 2.48. The van der Waals surface area contributed by atoms with Gasteiger partial charge in [0.05, 0.1) is 5.54 Å². The first-order valence-corrected chi connectivity index (χ1v) is 11.6. The van der Waals surface area contributed by atoms with Crippen molar-refractivity contribution in [3.05, 3.63) is 35.9 Å². The summed E-state index contributed by atoms with van der Waals surface area (Å²) in [5.74, 6) is -3.96. The van der Waals surface area contributed by atoms with Crippen molar-refractivity contribution in [3.63, 3.8) is 0 Å². The van der Waals surface area contributed by atoms with Gasteiger partial charge in [0.2, 0.25) is 5.91 Å². The van der Waals surface area contributed by atoms with Crippen LogP contribution in [0, 0.1) is 0 Å². The number of carboxylic acids is 2. The third kappa shape index (κ3) is 6.70. The molecule has 0 aromatic heterocycles. The highest BCUT2D eigenvalue weighted by molar-refractivity contribution is 5.88. The van der Waals surface area contributed by atoms with Crippen LogP contribution in [-0.2, 0) is 19.9 Å². The zero-order chi connectivity index (χ0) is 28.2. The standard InChI is InChI=1S/C22H32N4O4.C2HF3O2/c1-23(2)18(27)14-26-20(30)25(15-19(28)29)16-21(26)10-12-22(13-11-21,24(3)4)17-8-6-5-7-9-17;3-2(4,5)1(6)7/h5-9H,10-16H2,1-4H3,(H,28,29);(H,6,7). The van der Waals surface area contributed by atoms with Crippen LogP contribution in [0.15, 0.2) is 30.3 Å². The number of hydrogen-bond donors (Lipinski definition) is 2. The van der Waals surface area contributed by atoms with Gasteiger partial charge in [0, 0.05) is 26.2 Å². The van der Waals surface area contributed by atoms with Crippen molar-refractivity contribution in [3.8, 4) is 0 Å². The summed E-state index contributed by atoms with van der Waals surface area (Å²) in [5.41, 5.74) is 0.576. The maximum Gasteiger partial charge on any atom is 0.490 e. The molecule has 1 aliphatic heterocycles. The van der Waals surface area contributed by atoms with Gasteiger partial charge in [-0.05, 0) is 45.3 Å². The molecule has 1 spiro atoms. The van der Waals surface area contributed by atoms with Crippen LogP contribution in [0.25, 0.3) is 0 Å². The Kier molecular flexibility index (Phi) is 9.18. The molecular weight excluding hydrogens is 497 g/mol. The number of carbonyl (C=O) groups is 4. The summed E-state index contributed by atoms with van der Waals surface area (Å²) in [4.78, 5) is 52.4. The normalized spacial score (nSPS) is 23.6. The van der Waals surface area contributed by atoms with Gasteiger partial charge >= 0.3 is 24.1 Å². The third-order valence-corrected chi connectivity index (χ3v) is 7.10. The number of urea groups is 1. The minimum absolute atomic E-state index is 0.0255. The summed E-state index contributed by atoms with van der Waals surface area (Å²) < 4.78 is 31.7. The quantitative estimate of drug-likeness (QED) is 0.579. The van der Waals surface area contributed by atoms with Crippen molar-refractivity contribution < 1.29 is 42.6 Å². The molecule has 0 atom stereocenters. The fourth-order valence-corrected chi connectivity index (χ4v) is 4.98. The third-order valence-electron chi connectivity index (χ3n) is 7.10. The van der Waals surface area contributed by atoms with E-state index in [1.165, 1.54) is 15.4 Å². The Morgan fingerprint density at radius 2 is 1.46 bits per heavy atom. The van der Waals surface area contributed by atoms with Gasteiger partial charge in [-0.1, -0.05) is 30.3 Å². The lowest BCUT2D eigenvalue weighted by atomic mass is 9.68. The van der Waals surface area contributed by atoms with E-state index in [0.717, 1.165) is 12.8 Å². The predicted octanol–water partition coefficient (Wildman–Crippen LogP) is 2.30. The maximum atomic E-state index is 13.0. The second kappa shape index (κ2) is 11.4. The van der Waals surface area contributed by atoms with Crippen molar-refractivity contribution in [2.75, 3.05) is 47.8 Å². The van der Waals surface area contributed by atoms with Crippen molar-refractivity contribution in [2.45, 2.75) is 42.9 Å². The Balaban J connectivity index is 0.000000604. The lowest BCUT2D eigenvalue weighted by molar-refractivity contribution is -0.192. The second-order valence-corrected chi connectivity index (χ2v) is 9.73. The molecule has 10 nitrogen and oxygen atoms in total. The molecule has 0 bridgehead atoms. The number of carbonyl (C=O) groups excluding carboxylic acids is 2. The Morgan fingerprint density at radius 3 is 1.86 bits per heavy atom. The molecule has 2 fully saturated rings. The van der Waals surface area contributed by atoms with E-state index in [4.69, 9.17) is 9.90 Å². The average Bonchev–Trinajstić information content (AvgIpc) is 3.04. The van der Waals surface area contributed by atoms with Crippen LogP contribution in [-0.4, -0.2) is 113 Å². The van der Waals surface area contributed by atoms with Gasteiger partial charge in [0.25, 0.3) is 0 Å². The molecule has 3 amide bonds. The van der Waals surface area contributed by atoms with E-state index < -0.39 is 23.7 Å². The molecular formula is C24H33F3N4O6. The molecule has 2 N–H and O–H groups in total. The molecule has 1 saturated heterocycles. The Hall–Kier alpha value is -3.35. The first-order valence-electron chi connectivity index (χ1n) is 11.6. The first kappa shape index (κ1) is 29.9. The fourth-order valence-electron chi connectivity index (χ4n) is 4.98. The molecule has 1 saturated carbocycles. The minimum atomic E-state index is -5.08. The Labute approximate surface area is 213 Å². The molecule has 0 radical (unpaired) electrons. The van der Waals surface area contributed by atoms with Crippen LogP contribution in [0.1, 0.15) is 31.2 Å². The van der Waals surface area contributed by atoms with Crippen LogP contribution in [0.2, 0.25) is 0 Å². The zero-order valence-electron chi connectivity index (χ0n) is 21.3. The van der Waals surface area contributed by atoms with E-state index in [1.54, 1.807) is 19.0 Å². The minimum Gasteiger partial charge on any atom is -0.480 e. The van der Waals surface area contributed by atoms with Crippen molar-refractivity contribution in [2.24, 2.45) is 0 Å². The molecule has 1 heterocycles. The van der Waals surface area contributed by atoms with E-state index in [1.807, 2.05) is 18.2 Å². The topological polar surface area (TPSA) is 122 Å². The number of rotatable bonds is 6. The van der Waals surface area contributed by atoms with E-state index in [9.17, 15) is 32.7 Å². The van der Waals surface area contributed by atoms with E-state index in [-0.39, 0.29) is 30.6 Å². The first-order chi connectivity index (χ1) is 17.1. The number of benzene rings is 1. The molecule has 3 rings (SSSR count). The fraction of sp³-hybridized carbons (Fsp3) is 0.583. The monoisotopic (exact) mass is 530 g/mol. The number of hydrogen-bond acceptors (Lipinski definition) is 5. The molecule has 13 heteroatoms.